The molecule has 0 radical (unpaired) electrons. The van der Waals surface area contributed by atoms with Crippen molar-refractivity contribution in [1.29, 1.82) is 0 Å². The smallest absolute Gasteiger partial charge is 0.317 e. The predicted octanol–water partition coefficient (Wildman–Crippen LogP) is 6.17. The van der Waals surface area contributed by atoms with Gasteiger partial charge in [-0.05, 0) is 49.9 Å². The highest BCUT2D eigenvalue weighted by Crippen LogP contribution is 2.26. The average molecular weight is 432 g/mol. The number of piperidine rings is 1. The van der Waals surface area contributed by atoms with Crippen LogP contribution in [0.5, 0.6) is 0 Å². The Morgan fingerprint density at radius 1 is 1.23 bits per heavy atom. The number of benzene rings is 2. The minimum Gasteiger partial charge on any atom is -0.317 e. The van der Waals surface area contributed by atoms with Crippen molar-refractivity contribution in [1.82, 2.24) is 9.80 Å². The van der Waals surface area contributed by atoms with Crippen LogP contribution in [0.3, 0.4) is 0 Å². The molecule has 2 aromatic rings. The summed E-state index contributed by atoms with van der Waals surface area (Å²) in [4.78, 5) is 17.6. The fourth-order valence-electron chi connectivity index (χ4n) is 4.17. The van der Waals surface area contributed by atoms with Crippen molar-refractivity contribution >= 4 is 23.3 Å². The summed E-state index contributed by atoms with van der Waals surface area (Å²) in [6.45, 7) is 6.96. The maximum absolute atomic E-state index is 13.7. The third kappa shape index (κ3) is 5.96. The van der Waals surface area contributed by atoms with Gasteiger partial charge in [0.25, 0.3) is 0 Å². The molecule has 1 N–H and O–H groups in total. The summed E-state index contributed by atoms with van der Waals surface area (Å²) in [5.74, 6) is -0.428. The molecule has 0 aliphatic carbocycles. The molecular weight excluding hydrogens is 401 g/mol. The van der Waals surface area contributed by atoms with Crippen LogP contribution in [0.1, 0.15) is 45.1 Å². The molecule has 2 aromatic carbocycles. The lowest BCUT2D eigenvalue weighted by Crippen LogP contribution is -2.50. The van der Waals surface area contributed by atoms with Gasteiger partial charge in [0.2, 0.25) is 0 Å². The highest BCUT2D eigenvalue weighted by atomic mass is 35.5. The van der Waals surface area contributed by atoms with Crippen LogP contribution in [-0.2, 0) is 6.54 Å². The fraction of sp³-hybridized carbons (Fsp3) is 0.458. The minimum atomic E-state index is -0.428. The molecule has 1 saturated heterocycles. The fourth-order valence-corrected chi connectivity index (χ4v) is 4.33. The molecule has 2 amide bonds. The van der Waals surface area contributed by atoms with Gasteiger partial charge >= 0.3 is 6.03 Å². The Kier molecular flexibility index (Phi) is 8.11. The minimum absolute atomic E-state index is 0.127. The quantitative estimate of drug-likeness (QED) is 0.569. The molecule has 1 atom stereocenters. The number of hydrogen-bond donors (Lipinski definition) is 1. The Morgan fingerprint density at radius 3 is 2.60 bits per heavy atom. The molecule has 0 bridgehead atoms. The maximum atomic E-state index is 13.7. The number of likely N-dealkylation sites (tertiary alicyclic amines) is 1. The molecule has 0 saturated carbocycles. The third-order valence-electron chi connectivity index (χ3n) is 5.90. The zero-order valence-corrected chi connectivity index (χ0v) is 18.5. The van der Waals surface area contributed by atoms with Gasteiger partial charge in [0.1, 0.15) is 5.82 Å². The topological polar surface area (TPSA) is 35.6 Å². The standard InChI is InChI=1S/C24H31ClFN3O/c1-3-7-18(2)28-14-12-21(13-15-28)29(17-19-8-5-4-6-9-19)24(30)27-23-16-20(26)10-11-22(23)25/h4-6,8-11,16,18,21H,3,7,12-15,17H2,1-2H3,(H,27,30). The SMILES string of the molecule is CCCC(C)N1CCC(N(Cc2ccccc2)C(=O)Nc2cc(F)ccc2Cl)CC1. The lowest BCUT2D eigenvalue weighted by Gasteiger charge is -2.40. The second-order valence-corrected chi connectivity index (χ2v) is 8.48. The molecule has 1 aliphatic rings. The number of carbonyl (C=O) groups excluding carboxylic acids is 1. The van der Waals surface area contributed by atoms with Gasteiger partial charge in [-0.15, -0.1) is 0 Å². The Balaban J connectivity index is 1.74. The molecule has 1 heterocycles. The van der Waals surface area contributed by atoms with E-state index in [0.29, 0.717) is 23.3 Å². The molecule has 1 unspecified atom stereocenters. The van der Waals surface area contributed by atoms with E-state index >= 15 is 0 Å². The normalized spacial score (nSPS) is 16.3. The van der Waals surface area contributed by atoms with Crippen LogP contribution in [-0.4, -0.2) is 41.0 Å². The van der Waals surface area contributed by atoms with Crippen LogP contribution >= 0.6 is 11.6 Å². The van der Waals surface area contributed by atoms with Gasteiger partial charge in [-0.25, -0.2) is 9.18 Å². The molecule has 162 valence electrons. The number of nitrogens with zero attached hydrogens (tertiary/aromatic N) is 2. The molecule has 1 fully saturated rings. The first-order chi connectivity index (χ1) is 14.5. The number of nitrogens with one attached hydrogen (secondary N) is 1. The highest BCUT2D eigenvalue weighted by Gasteiger charge is 2.30. The van der Waals surface area contributed by atoms with Gasteiger partial charge < -0.3 is 15.1 Å². The molecular formula is C24H31ClFN3O. The van der Waals surface area contributed by atoms with E-state index in [1.54, 1.807) is 0 Å². The van der Waals surface area contributed by atoms with Gasteiger partial charge in [-0.1, -0.05) is 55.3 Å². The first kappa shape index (κ1) is 22.6. The van der Waals surface area contributed by atoms with E-state index in [1.165, 1.54) is 31.0 Å². The van der Waals surface area contributed by atoms with Crippen molar-refractivity contribution < 1.29 is 9.18 Å². The Labute approximate surface area is 184 Å². The second kappa shape index (κ2) is 10.8. The molecule has 0 aromatic heterocycles. The van der Waals surface area contributed by atoms with Crippen LogP contribution in [0.4, 0.5) is 14.9 Å². The van der Waals surface area contributed by atoms with Crippen molar-refractivity contribution in [3.05, 3.63) is 64.9 Å². The summed E-state index contributed by atoms with van der Waals surface area (Å²) >= 11 is 6.17. The van der Waals surface area contributed by atoms with E-state index in [2.05, 4.69) is 24.1 Å². The van der Waals surface area contributed by atoms with Crippen LogP contribution in [0.15, 0.2) is 48.5 Å². The summed E-state index contributed by atoms with van der Waals surface area (Å²) in [5.41, 5.74) is 1.37. The predicted molar refractivity (Wildman–Crippen MR) is 121 cm³/mol. The lowest BCUT2D eigenvalue weighted by molar-refractivity contribution is 0.0989. The number of anilines is 1. The zero-order valence-electron chi connectivity index (χ0n) is 17.8. The van der Waals surface area contributed by atoms with Gasteiger partial charge in [0, 0.05) is 31.7 Å². The first-order valence-electron chi connectivity index (χ1n) is 10.8. The molecule has 6 heteroatoms. The van der Waals surface area contributed by atoms with Gasteiger partial charge in [-0.2, -0.15) is 0 Å². The number of hydrogen-bond acceptors (Lipinski definition) is 2. The van der Waals surface area contributed by atoms with E-state index < -0.39 is 5.82 Å². The number of halogens is 2. The maximum Gasteiger partial charge on any atom is 0.322 e. The Morgan fingerprint density at radius 2 is 1.93 bits per heavy atom. The number of carbonyl (C=O) groups is 1. The monoisotopic (exact) mass is 431 g/mol. The Hall–Kier alpha value is -2.11. The molecule has 1 aliphatic heterocycles. The van der Waals surface area contributed by atoms with E-state index in [1.807, 2.05) is 35.2 Å². The lowest BCUT2D eigenvalue weighted by atomic mass is 10.00. The average Bonchev–Trinajstić information content (AvgIpc) is 2.75. The van der Waals surface area contributed by atoms with Crippen LogP contribution in [0, 0.1) is 5.82 Å². The largest absolute Gasteiger partial charge is 0.322 e. The first-order valence-corrected chi connectivity index (χ1v) is 11.2. The van der Waals surface area contributed by atoms with Crippen LogP contribution < -0.4 is 5.32 Å². The summed E-state index contributed by atoms with van der Waals surface area (Å²) in [5, 5.41) is 3.15. The van der Waals surface area contributed by atoms with Crippen molar-refractivity contribution in [2.24, 2.45) is 0 Å². The van der Waals surface area contributed by atoms with Crippen LogP contribution in [0.25, 0.3) is 0 Å². The summed E-state index contributed by atoms with van der Waals surface area (Å²) in [7, 11) is 0. The van der Waals surface area contributed by atoms with Crippen molar-refractivity contribution in [3.8, 4) is 0 Å². The summed E-state index contributed by atoms with van der Waals surface area (Å²) in [6, 6.07) is 14.4. The highest BCUT2D eigenvalue weighted by molar-refractivity contribution is 6.33. The number of rotatable bonds is 7. The second-order valence-electron chi connectivity index (χ2n) is 8.07. The van der Waals surface area contributed by atoms with E-state index in [9.17, 15) is 9.18 Å². The van der Waals surface area contributed by atoms with Crippen molar-refractivity contribution in [2.45, 2.75) is 58.2 Å². The molecule has 3 rings (SSSR count). The van der Waals surface area contributed by atoms with E-state index in [0.717, 1.165) is 31.5 Å². The van der Waals surface area contributed by atoms with Gasteiger partial charge in [-0.3, -0.25) is 0 Å². The van der Waals surface area contributed by atoms with Crippen molar-refractivity contribution in [3.63, 3.8) is 0 Å². The van der Waals surface area contributed by atoms with Gasteiger partial charge in [0.05, 0.1) is 10.7 Å². The van der Waals surface area contributed by atoms with Crippen LogP contribution in [0.2, 0.25) is 5.02 Å². The number of urea groups is 1. The summed E-state index contributed by atoms with van der Waals surface area (Å²) < 4.78 is 13.7. The Bertz CT molecular complexity index is 824. The van der Waals surface area contributed by atoms with E-state index in [-0.39, 0.29) is 12.1 Å². The third-order valence-corrected chi connectivity index (χ3v) is 6.23. The molecule has 0 spiro atoms. The van der Waals surface area contributed by atoms with Crippen molar-refractivity contribution in [2.75, 3.05) is 18.4 Å². The molecule has 4 nitrogen and oxygen atoms in total. The number of amides is 2. The zero-order chi connectivity index (χ0) is 21.5. The molecule has 30 heavy (non-hydrogen) atoms. The van der Waals surface area contributed by atoms with E-state index in [4.69, 9.17) is 11.6 Å². The van der Waals surface area contributed by atoms with Gasteiger partial charge in [0.15, 0.2) is 0 Å². The summed E-state index contributed by atoms with van der Waals surface area (Å²) in [6.07, 6.45) is 4.21.